The number of imidazole rings is 1. The van der Waals surface area contributed by atoms with E-state index in [0.29, 0.717) is 17.2 Å². The zero-order valence-corrected chi connectivity index (χ0v) is 12.2. The lowest BCUT2D eigenvalue weighted by atomic mass is 10.1. The van der Waals surface area contributed by atoms with Crippen molar-refractivity contribution in [3.63, 3.8) is 0 Å². The molecule has 0 aliphatic rings. The molecule has 0 aliphatic heterocycles. The van der Waals surface area contributed by atoms with E-state index in [4.69, 9.17) is 18.0 Å². The average molecular weight is 310 g/mol. The molecule has 0 saturated carbocycles. The maximum atomic E-state index is 12.1. The first-order chi connectivity index (χ1) is 9.47. The third kappa shape index (κ3) is 3.86. The van der Waals surface area contributed by atoms with Crippen LogP contribution in [0, 0.1) is 0 Å². The summed E-state index contributed by atoms with van der Waals surface area (Å²) in [4.78, 5) is 7.34. The summed E-state index contributed by atoms with van der Waals surface area (Å²) in [7, 11) is -3.56. The zero-order valence-electron chi connectivity index (χ0n) is 10.5. The molecule has 0 spiro atoms. The number of H-pyrrole nitrogens is 1. The van der Waals surface area contributed by atoms with Gasteiger partial charge in [-0.2, -0.15) is 0 Å². The highest BCUT2D eigenvalue weighted by molar-refractivity contribution is 7.89. The summed E-state index contributed by atoms with van der Waals surface area (Å²) in [5.41, 5.74) is 6.32. The molecule has 0 fully saturated rings. The number of nitrogens with zero attached hydrogens (tertiary/aromatic N) is 1. The number of nitrogens with two attached hydrogens (primary N) is 1. The molecular weight excluding hydrogens is 296 g/mol. The van der Waals surface area contributed by atoms with Crippen LogP contribution in [0.1, 0.15) is 11.4 Å². The first kappa shape index (κ1) is 14.6. The molecule has 0 aliphatic carbocycles. The second-order valence-electron chi connectivity index (χ2n) is 4.15. The summed E-state index contributed by atoms with van der Waals surface area (Å²) >= 11 is 4.81. The Kier molecular flexibility index (Phi) is 4.48. The van der Waals surface area contributed by atoms with Gasteiger partial charge in [0, 0.05) is 18.8 Å². The minimum absolute atomic E-state index is 0.115. The van der Waals surface area contributed by atoms with Crippen molar-refractivity contribution in [1.82, 2.24) is 14.7 Å². The van der Waals surface area contributed by atoms with Gasteiger partial charge in [-0.15, -0.1) is 0 Å². The van der Waals surface area contributed by atoms with Crippen LogP contribution < -0.4 is 10.5 Å². The lowest BCUT2D eigenvalue weighted by Crippen LogP contribution is -2.23. The number of benzene rings is 1. The lowest BCUT2D eigenvalue weighted by Gasteiger charge is -2.06. The Morgan fingerprint density at radius 3 is 2.60 bits per heavy atom. The smallest absolute Gasteiger partial charge is 0.240 e. The van der Waals surface area contributed by atoms with E-state index in [2.05, 4.69) is 14.7 Å². The largest absolute Gasteiger partial charge is 0.393 e. The van der Waals surface area contributed by atoms with E-state index in [0.717, 1.165) is 5.56 Å². The summed E-state index contributed by atoms with van der Waals surface area (Å²) in [5, 5.41) is 0. The predicted octanol–water partition coefficient (Wildman–Crippen LogP) is 0.717. The van der Waals surface area contributed by atoms with Gasteiger partial charge in [0.25, 0.3) is 0 Å². The van der Waals surface area contributed by atoms with Gasteiger partial charge in [0.1, 0.15) is 5.82 Å². The quantitative estimate of drug-likeness (QED) is 0.682. The molecule has 1 aromatic heterocycles. The Labute approximate surface area is 122 Å². The number of aromatic nitrogens is 2. The molecule has 2 aromatic rings. The Morgan fingerprint density at radius 2 is 2.05 bits per heavy atom. The normalized spacial score (nSPS) is 11.4. The summed E-state index contributed by atoms with van der Waals surface area (Å²) in [5.74, 6) is 0.554. The summed E-state index contributed by atoms with van der Waals surface area (Å²) in [6.07, 6.45) is 3.65. The molecule has 106 valence electrons. The van der Waals surface area contributed by atoms with Crippen molar-refractivity contribution >= 4 is 27.2 Å². The van der Waals surface area contributed by atoms with Gasteiger partial charge in [-0.25, -0.2) is 18.1 Å². The first-order valence-electron chi connectivity index (χ1n) is 5.82. The van der Waals surface area contributed by atoms with Crippen LogP contribution in [0.5, 0.6) is 0 Å². The molecule has 1 aromatic carbocycles. The summed E-state index contributed by atoms with van der Waals surface area (Å²) in [6.45, 7) is 0.115. The van der Waals surface area contributed by atoms with Gasteiger partial charge in [-0.1, -0.05) is 24.4 Å². The van der Waals surface area contributed by atoms with E-state index in [1.165, 1.54) is 12.1 Å². The number of rotatable bonds is 6. The zero-order chi connectivity index (χ0) is 14.6. The van der Waals surface area contributed by atoms with Crippen LogP contribution in [0.4, 0.5) is 0 Å². The van der Waals surface area contributed by atoms with E-state index in [1.807, 2.05) is 0 Å². The molecule has 0 radical (unpaired) electrons. The monoisotopic (exact) mass is 310 g/mol. The van der Waals surface area contributed by atoms with Gasteiger partial charge in [-0.05, 0) is 17.7 Å². The number of aromatic amines is 1. The maximum absolute atomic E-state index is 12.1. The highest BCUT2D eigenvalue weighted by Gasteiger charge is 2.14. The first-order valence-corrected chi connectivity index (χ1v) is 7.72. The Hall–Kier alpha value is -1.77. The lowest BCUT2D eigenvalue weighted by molar-refractivity contribution is 0.579. The molecule has 20 heavy (non-hydrogen) atoms. The maximum Gasteiger partial charge on any atom is 0.240 e. The van der Waals surface area contributed by atoms with Crippen molar-refractivity contribution < 1.29 is 8.42 Å². The van der Waals surface area contributed by atoms with Gasteiger partial charge < -0.3 is 10.7 Å². The molecule has 0 unspecified atom stereocenters. The van der Waals surface area contributed by atoms with Crippen molar-refractivity contribution in [3.05, 3.63) is 48.0 Å². The SMILES string of the molecule is NC(=S)Cc1ccc(S(=O)(=O)NCc2ncc[nH]2)cc1. The van der Waals surface area contributed by atoms with Crippen molar-refractivity contribution in [2.45, 2.75) is 17.9 Å². The van der Waals surface area contributed by atoms with E-state index < -0.39 is 10.0 Å². The van der Waals surface area contributed by atoms with Crippen LogP contribution in [-0.4, -0.2) is 23.4 Å². The van der Waals surface area contributed by atoms with E-state index in [9.17, 15) is 8.42 Å². The number of nitrogens with one attached hydrogen (secondary N) is 2. The van der Waals surface area contributed by atoms with Crippen molar-refractivity contribution in [2.75, 3.05) is 0 Å². The highest BCUT2D eigenvalue weighted by atomic mass is 32.2. The summed E-state index contributed by atoms with van der Waals surface area (Å²) < 4.78 is 26.6. The molecule has 2 rings (SSSR count). The Morgan fingerprint density at radius 1 is 1.35 bits per heavy atom. The molecule has 1 heterocycles. The van der Waals surface area contributed by atoms with E-state index in [1.54, 1.807) is 24.5 Å². The van der Waals surface area contributed by atoms with Crippen LogP contribution in [0.2, 0.25) is 0 Å². The fraction of sp³-hybridized carbons (Fsp3) is 0.167. The standard InChI is InChI=1S/C12H14N4O2S2/c13-11(19)7-9-1-3-10(4-2-9)20(17,18)16-8-12-14-5-6-15-12/h1-6,16H,7-8H2,(H2,13,19)(H,14,15). The summed E-state index contributed by atoms with van der Waals surface area (Å²) in [6, 6.07) is 6.44. The van der Waals surface area contributed by atoms with Crippen LogP contribution in [0.3, 0.4) is 0 Å². The molecule has 0 atom stereocenters. The third-order valence-electron chi connectivity index (χ3n) is 2.60. The number of sulfonamides is 1. The van der Waals surface area contributed by atoms with Crippen molar-refractivity contribution in [2.24, 2.45) is 5.73 Å². The van der Waals surface area contributed by atoms with Crippen LogP contribution in [0.15, 0.2) is 41.6 Å². The molecule has 0 saturated heterocycles. The van der Waals surface area contributed by atoms with Gasteiger partial charge in [0.15, 0.2) is 0 Å². The van der Waals surface area contributed by atoms with E-state index >= 15 is 0 Å². The van der Waals surface area contributed by atoms with Crippen LogP contribution in [-0.2, 0) is 23.0 Å². The fourth-order valence-corrected chi connectivity index (χ4v) is 2.78. The molecular formula is C12H14N4O2S2. The number of thiocarbonyl (C=S) groups is 1. The van der Waals surface area contributed by atoms with Crippen molar-refractivity contribution in [3.8, 4) is 0 Å². The van der Waals surface area contributed by atoms with E-state index in [-0.39, 0.29) is 11.4 Å². The minimum Gasteiger partial charge on any atom is -0.393 e. The van der Waals surface area contributed by atoms with Crippen molar-refractivity contribution in [1.29, 1.82) is 0 Å². The molecule has 0 bridgehead atoms. The number of hydrogen-bond acceptors (Lipinski definition) is 4. The van der Waals surface area contributed by atoms with Gasteiger partial charge in [0.2, 0.25) is 10.0 Å². The third-order valence-corrected chi connectivity index (χ3v) is 4.16. The predicted molar refractivity (Wildman–Crippen MR) is 79.5 cm³/mol. The van der Waals surface area contributed by atoms with Crippen LogP contribution >= 0.6 is 12.2 Å². The molecule has 8 heteroatoms. The second kappa shape index (κ2) is 6.12. The fourth-order valence-electron chi connectivity index (χ4n) is 1.63. The second-order valence-corrected chi connectivity index (χ2v) is 6.44. The molecule has 4 N–H and O–H groups in total. The Balaban J connectivity index is 2.07. The topological polar surface area (TPSA) is 101 Å². The molecule has 0 amide bonds. The van der Waals surface area contributed by atoms with Gasteiger partial charge in [-0.3, -0.25) is 0 Å². The van der Waals surface area contributed by atoms with Gasteiger partial charge >= 0.3 is 0 Å². The van der Waals surface area contributed by atoms with Crippen LogP contribution in [0.25, 0.3) is 0 Å². The Bertz CT molecular complexity index is 679. The number of hydrogen-bond donors (Lipinski definition) is 3. The molecule has 6 nitrogen and oxygen atoms in total. The highest BCUT2D eigenvalue weighted by Crippen LogP contribution is 2.11. The minimum atomic E-state index is -3.56. The average Bonchev–Trinajstić information content (AvgIpc) is 2.89. The van der Waals surface area contributed by atoms with Gasteiger partial charge in [0.05, 0.1) is 16.4 Å².